The van der Waals surface area contributed by atoms with E-state index in [0.717, 1.165) is 37.7 Å². The van der Waals surface area contributed by atoms with Gasteiger partial charge in [-0.3, -0.25) is 13.8 Å². The van der Waals surface area contributed by atoms with Crippen LogP contribution in [-0.2, 0) is 23.9 Å². The molecule has 2 rings (SSSR count). The molecule has 2 aliphatic carbocycles. The van der Waals surface area contributed by atoms with Crippen molar-refractivity contribution in [3.63, 3.8) is 0 Å². The van der Waals surface area contributed by atoms with Crippen molar-refractivity contribution in [2.24, 2.45) is 10.8 Å². The minimum Gasteiger partial charge on any atom is -0.299 e. The molecule has 122 valence electrons. The molecule has 2 saturated carbocycles. The molecule has 0 N–H and O–H groups in total. The van der Waals surface area contributed by atoms with E-state index in [1.165, 1.54) is 6.92 Å². The highest BCUT2D eigenvalue weighted by Crippen LogP contribution is 2.48. The molecule has 0 unspecified atom stereocenters. The summed E-state index contributed by atoms with van der Waals surface area (Å²) in [7, 11) is -3.40. The van der Waals surface area contributed by atoms with E-state index in [9.17, 15) is 18.0 Å². The van der Waals surface area contributed by atoms with Gasteiger partial charge < -0.3 is 0 Å². The number of hydrogen-bond acceptors (Lipinski definition) is 6. The maximum atomic E-state index is 11.0. The van der Waals surface area contributed by atoms with Gasteiger partial charge in [0, 0.05) is 11.2 Å². The van der Waals surface area contributed by atoms with E-state index in [-0.39, 0.29) is 17.8 Å². The third-order valence-corrected chi connectivity index (χ3v) is 5.56. The van der Waals surface area contributed by atoms with E-state index in [2.05, 4.69) is 10.4 Å². The Balaban J connectivity index is 0.000000219. The first-order valence-electron chi connectivity index (χ1n) is 6.92. The molecule has 7 heteroatoms. The summed E-state index contributed by atoms with van der Waals surface area (Å²) >= 11 is 1.78. The number of carbonyl (C=O) groups excluding carboxylic acids is 2. The molecule has 0 radical (unpaired) electrons. The average Bonchev–Trinajstić information content (AvgIpc) is 3.22. The van der Waals surface area contributed by atoms with Crippen molar-refractivity contribution in [1.29, 1.82) is 0 Å². The summed E-state index contributed by atoms with van der Waals surface area (Å²) in [6.07, 6.45) is 6.80. The molecular formula is C14H24O5S2. The molecule has 5 nitrogen and oxygen atoms in total. The monoisotopic (exact) mass is 336 g/mol. The Labute approximate surface area is 131 Å². The molecule has 0 amide bonds. The number of hydrogen-bond donors (Lipinski definition) is 0. The van der Waals surface area contributed by atoms with Gasteiger partial charge in [0.15, 0.2) is 0 Å². The Hall–Kier alpha value is -0.400. The summed E-state index contributed by atoms with van der Waals surface area (Å²) in [4.78, 5) is 21.9. The van der Waals surface area contributed by atoms with Crippen LogP contribution in [0.1, 0.15) is 39.5 Å². The number of ketones is 2. The zero-order chi connectivity index (χ0) is 16.3. The van der Waals surface area contributed by atoms with Gasteiger partial charge in [0.2, 0.25) is 0 Å². The molecule has 0 atom stereocenters. The second-order valence-corrected chi connectivity index (χ2v) is 8.58. The molecule has 0 heterocycles. The van der Waals surface area contributed by atoms with Gasteiger partial charge in [-0.05, 0) is 45.8 Å². The van der Waals surface area contributed by atoms with Crippen molar-refractivity contribution in [2.75, 3.05) is 24.9 Å². The first-order valence-corrected chi connectivity index (χ1v) is 10.1. The second kappa shape index (κ2) is 6.79. The van der Waals surface area contributed by atoms with Crippen molar-refractivity contribution in [3.05, 3.63) is 0 Å². The first kappa shape index (κ1) is 18.6. The maximum Gasteiger partial charge on any atom is 0.264 e. The zero-order valence-electron chi connectivity index (χ0n) is 13.1. The number of Topliss-reactive ketones (excluding diaryl/α,β-unsaturated/α-hetero) is 2. The van der Waals surface area contributed by atoms with Crippen LogP contribution in [0.2, 0.25) is 0 Å². The Morgan fingerprint density at radius 2 is 1.48 bits per heavy atom. The van der Waals surface area contributed by atoms with E-state index >= 15 is 0 Å². The molecule has 0 bridgehead atoms. The van der Waals surface area contributed by atoms with Crippen molar-refractivity contribution < 1.29 is 22.2 Å². The van der Waals surface area contributed by atoms with Crippen LogP contribution in [0.4, 0.5) is 0 Å². The molecule has 0 spiro atoms. The predicted octanol–water partition coefficient (Wildman–Crippen LogP) is 2.05. The minimum absolute atomic E-state index is 0.0150. The zero-order valence-corrected chi connectivity index (χ0v) is 14.7. The molecule has 2 aliphatic rings. The van der Waals surface area contributed by atoms with Gasteiger partial charge in [-0.15, -0.1) is 0 Å². The number of rotatable bonds is 7. The van der Waals surface area contributed by atoms with E-state index < -0.39 is 15.5 Å². The highest BCUT2D eigenvalue weighted by Gasteiger charge is 2.48. The number of carbonyl (C=O) groups is 2. The highest BCUT2D eigenvalue weighted by molar-refractivity contribution is 7.98. The smallest absolute Gasteiger partial charge is 0.264 e. The Bertz CT molecular complexity index is 501. The van der Waals surface area contributed by atoms with Crippen LogP contribution in [-0.4, -0.2) is 44.9 Å². The fourth-order valence-corrected chi connectivity index (χ4v) is 3.48. The van der Waals surface area contributed by atoms with E-state index in [0.29, 0.717) is 5.78 Å². The second-order valence-electron chi connectivity index (χ2n) is 6.07. The Morgan fingerprint density at radius 3 is 1.67 bits per heavy atom. The molecule has 0 aliphatic heterocycles. The first-order chi connectivity index (χ1) is 9.57. The lowest BCUT2D eigenvalue weighted by molar-refractivity contribution is -0.123. The normalized spacial score (nSPS) is 21.0. The minimum atomic E-state index is -3.40. The summed E-state index contributed by atoms with van der Waals surface area (Å²) in [6.45, 7) is 3.20. The lowest BCUT2D eigenvalue weighted by Crippen LogP contribution is -2.21. The fourth-order valence-electron chi connectivity index (χ4n) is 1.99. The van der Waals surface area contributed by atoms with Crippen LogP contribution in [0.3, 0.4) is 0 Å². The molecule has 0 aromatic carbocycles. The molecule has 21 heavy (non-hydrogen) atoms. The highest BCUT2D eigenvalue weighted by atomic mass is 32.2. The van der Waals surface area contributed by atoms with Gasteiger partial charge in [0.05, 0.1) is 18.3 Å². The third kappa shape index (κ3) is 5.71. The molecule has 0 aromatic heterocycles. The van der Waals surface area contributed by atoms with E-state index in [1.54, 1.807) is 18.7 Å². The average molecular weight is 336 g/mol. The topological polar surface area (TPSA) is 77.5 Å². The van der Waals surface area contributed by atoms with Gasteiger partial charge in [0.1, 0.15) is 11.6 Å². The Kier molecular flexibility index (Phi) is 6.03. The summed E-state index contributed by atoms with van der Waals surface area (Å²) in [5.74, 6) is 1.44. The molecule has 0 aromatic rings. The lowest BCUT2D eigenvalue weighted by atomic mass is 10.0. The van der Waals surface area contributed by atoms with E-state index in [4.69, 9.17) is 0 Å². The predicted molar refractivity (Wildman–Crippen MR) is 83.9 cm³/mol. The van der Waals surface area contributed by atoms with Crippen LogP contribution < -0.4 is 0 Å². The third-order valence-electron chi connectivity index (χ3n) is 4.17. The van der Waals surface area contributed by atoms with Crippen molar-refractivity contribution in [1.82, 2.24) is 0 Å². The summed E-state index contributed by atoms with van der Waals surface area (Å²) < 4.78 is 25.8. The quantitative estimate of drug-likeness (QED) is 0.662. The van der Waals surface area contributed by atoms with Crippen molar-refractivity contribution in [2.45, 2.75) is 39.5 Å². The van der Waals surface area contributed by atoms with Gasteiger partial charge in [0.25, 0.3) is 10.1 Å². The number of thioether (sulfide) groups is 1. The standard InChI is InChI=1S/C7H12O4S.C7H12OS/c1-6(8)7(3-4-7)5-11-12(2,9)10;1-6(8)7(3-4-7)5-9-2/h3-5H2,1-2H3;3-5H2,1-2H3. The van der Waals surface area contributed by atoms with Crippen LogP contribution in [0.15, 0.2) is 0 Å². The van der Waals surface area contributed by atoms with Crippen LogP contribution in [0.25, 0.3) is 0 Å². The van der Waals surface area contributed by atoms with Crippen LogP contribution in [0, 0.1) is 10.8 Å². The van der Waals surface area contributed by atoms with Crippen molar-refractivity contribution >= 4 is 33.4 Å². The van der Waals surface area contributed by atoms with E-state index in [1.807, 2.05) is 0 Å². The summed E-state index contributed by atoms with van der Waals surface area (Å²) in [5, 5.41) is 0. The molecule has 0 saturated heterocycles. The lowest BCUT2D eigenvalue weighted by Gasteiger charge is -2.09. The molecule has 2 fully saturated rings. The largest absolute Gasteiger partial charge is 0.299 e. The van der Waals surface area contributed by atoms with Gasteiger partial charge in [-0.25, -0.2) is 0 Å². The molecular weight excluding hydrogens is 312 g/mol. The van der Waals surface area contributed by atoms with Crippen LogP contribution in [0.5, 0.6) is 0 Å². The van der Waals surface area contributed by atoms with Crippen molar-refractivity contribution in [3.8, 4) is 0 Å². The summed E-state index contributed by atoms with van der Waals surface area (Å²) in [5.41, 5.74) is -0.359. The Morgan fingerprint density at radius 1 is 1.05 bits per heavy atom. The van der Waals surface area contributed by atoms with Gasteiger partial charge in [-0.1, -0.05) is 0 Å². The van der Waals surface area contributed by atoms with Gasteiger partial charge >= 0.3 is 0 Å². The maximum absolute atomic E-state index is 11.0. The van der Waals surface area contributed by atoms with Gasteiger partial charge in [-0.2, -0.15) is 20.2 Å². The summed E-state index contributed by atoms with van der Waals surface area (Å²) in [6, 6.07) is 0. The SMILES string of the molecule is CC(=O)C1(COS(C)(=O)=O)CC1.CSCC1(C(C)=O)CC1. The van der Waals surface area contributed by atoms with Crippen LogP contribution >= 0.6 is 11.8 Å². The fraction of sp³-hybridized carbons (Fsp3) is 0.857.